The summed E-state index contributed by atoms with van der Waals surface area (Å²) >= 11 is 0. The highest BCUT2D eigenvalue weighted by Gasteiger charge is 2.31. The molecule has 0 aromatic heterocycles. The van der Waals surface area contributed by atoms with Crippen LogP contribution in [0.15, 0.2) is 97.1 Å². The normalized spacial score (nSPS) is 10.9. The molecule has 4 aromatic rings. The second kappa shape index (κ2) is 13.1. The van der Waals surface area contributed by atoms with Crippen LogP contribution in [0.3, 0.4) is 0 Å². The summed E-state index contributed by atoms with van der Waals surface area (Å²) in [6, 6.07) is 35.5. The predicted octanol–water partition coefficient (Wildman–Crippen LogP) is 8.50. The van der Waals surface area contributed by atoms with Gasteiger partial charge >= 0.3 is 0 Å². The zero-order valence-electron chi connectivity index (χ0n) is 22.3. The van der Waals surface area contributed by atoms with Gasteiger partial charge < -0.3 is 5.32 Å². The topological polar surface area (TPSA) is 12.0 Å². The number of hydrogen-bond donors (Lipinski definition) is 1. The van der Waals surface area contributed by atoms with Gasteiger partial charge in [-0.2, -0.15) is 0 Å². The Labute approximate surface area is 213 Å². The van der Waals surface area contributed by atoms with Crippen molar-refractivity contribution in [3.63, 3.8) is 0 Å². The number of nitrogens with one attached hydrogen (secondary N) is 1. The molecule has 1 nitrogen and oxygen atoms in total. The first-order valence-corrected chi connectivity index (χ1v) is 12.9. The van der Waals surface area contributed by atoms with E-state index in [1.54, 1.807) is 0 Å². The Hall–Kier alpha value is -3.16. The molecule has 0 radical (unpaired) electrons. The van der Waals surface area contributed by atoms with Gasteiger partial charge in [-0.1, -0.05) is 111 Å². The van der Waals surface area contributed by atoms with Crippen molar-refractivity contribution in [2.24, 2.45) is 0 Å². The Morgan fingerprint density at radius 2 is 0.657 bits per heavy atom. The van der Waals surface area contributed by atoms with Crippen LogP contribution >= 0.6 is 0 Å². The van der Waals surface area contributed by atoms with E-state index in [0.29, 0.717) is 0 Å². The first-order chi connectivity index (χ1) is 17.0. The quantitative estimate of drug-likeness (QED) is 0.290. The third kappa shape index (κ3) is 6.50. The third-order valence-electron chi connectivity index (χ3n) is 6.93. The van der Waals surface area contributed by atoms with Crippen molar-refractivity contribution in [3.8, 4) is 0 Å². The molecule has 0 amide bonds. The second-order valence-electron chi connectivity index (χ2n) is 9.34. The maximum Gasteiger partial charge on any atom is 0.0204 e. The zero-order chi connectivity index (χ0) is 25.2. The monoisotopic (exact) mass is 463 g/mol. The van der Waals surface area contributed by atoms with Crippen LogP contribution in [-0.4, -0.2) is 13.1 Å². The Kier molecular flexibility index (Phi) is 9.87. The van der Waals surface area contributed by atoms with Crippen molar-refractivity contribution in [3.05, 3.63) is 142 Å². The maximum atomic E-state index is 3.11. The highest BCUT2D eigenvalue weighted by atomic mass is 14.8. The van der Waals surface area contributed by atoms with Crippen molar-refractivity contribution in [2.75, 3.05) is 13.1 Å². The van der Waals surface area contributed by atoms with E-state index in [9.17, 15) is 0 Å². The standard InChI is InChI=1S/C30H30.C4H11N/c1-21-13-5-9-17-25(21)29(26-18-10-6-14-22(26)2)30(27-19-11-7-15-23(27)3)28-20-12-8-16-24(28)4;1-3-5-4-2/h5-20,29-30H,1-4H3;5H,3-4H2,1-2H3. The van der Waals surface area contributed by atoms with E-state index in [1.807, 2.05) is 0 Å². The number of hydrogen-bond acceptors (Lipinski definition) is 1. The van der Waals surface area contributed by atoms with Gasteiger partial charge in [0.2, 0.25) is 0 Å². The summed E-state index contributed by atoms with van der Waals surface area (Å²) in [5, 5.41) is 3.11. The Balaban J connectivity index is 0.000000623. The van der Waals surface area contributed by atoms with Crippen LogP contribution in [0.2, 0.25) is 0 Å². The fourth-order valence-electron chi connectivity index (χ4n) is 5.05. The van der Waals surface area contributed by atoms with Crippen molar-refractivity contribution in [1.82, 2.24) is 5.32 Å². The number of rotatable bonds is 7. The van der Waals surface area contributed by atoms with E-state index in [2.05, 4.69) is 144 Å². The summed E-state index contributed by atoms with van der Waals surface area (Å²) in [5.74, 6) is 0.490. The van der Waals surface area contributed by atoms with Crippen LogP contribution in [-0.2, 0) is 0 Å². The lowest BCUT2D eigenvalue weighted by atomic mass is 9.70. The smallest absolute Gasteiger partial charge is 0.0204 e. The SMILES string of the molecule is CCNCC.Cc1ccccc1C(c1ccccc1C)C(c1ccccc1C)c1ccccc1C. The summed E-state index contributed by atoms with van der Waals surface area (Å²) in [6.45, 7) is 15.4. The summed E-state index contributed by atoms with van der Waals surface area (Å²) in [7, 11) is 0. The van der Waals surface area contributed by atoms with Crippen molar-refractivity contribution in [1.29, 1.82) is 0 Å². The minimum atomic E-state index is 0.245. The van der Waals surface area contributed by atoms with Gasteiger partial charge in [-0.15, -0.1) is 0 Å². The molecule has 0 unspecified atom stereocenters. The van der Waals surface area contributed by atoms with E-state index >= 15 is 0 Å². The fourth-order valence-corrected chi connectivity index (χ4v) is 5.05. The molecule has 0 spiro atoms. The average Bonchev–Trinajstić information content (AvgIpc) is 2.86. The largest absolute Gasteiger partial charge is 0.317 e. The zero-order valence-corrected chi connectivity index (χ0v) is 22.3. The van der Waals surface area contributed by atoms with Gasteiger partial charge in [0, 0.05) is 11.8 Å². The van der Waals surface area contributed by atoms with Crippen LogP contribution in [0, 0.1) is 27.7 Å². The van der Waals surface area contributed by atoms with Crippen LogP contribution in [0.4, 0.5) is 0 Å². The lowest BCUT2D eigenvalue weighted by Crippen LogP contribution is -2.18. The number of aryl methyl sites for hydroxylation is 4. The molecule has 4 aromatic carbocycles. The van der Waals surface area contributed by atoms with E-state index in [0.717, 1.165) is 13.1 Å². The average molecular weight is 464 g/mol. The molecule has 1 heteroatoms. The molecule has 0 saturated heterocycles. The minimum absolute atomic E-state index is 0.245. The van der Waals surface area contributed by atoms with Gasteiger partial charge in [0.15, 0.2) is 0 Å². The highest BCUT2D eigenvalue weighted by Crippen LogP contribution is 2.46. The number of benzene rings is 4. The van der Waals surface area contributed by atoms with E-state index in [1.165, 1.54) is 44.5 Å². The molecule has 1 N–H and O–H groups in total. The van der Waals surface area contributed by atoms with Gasteiger partial charge in [-0.3, -0.25) is 0 Å². The van der Waals surface area contributed by atoms with Gasteiger partial charge in [-0.05, 0) is 85.3 Å². The lowest BCUT2D eigenvalue weighted by molar-refractivity contribution is 0.679. The molecule has 35 heavy (non-hydrogen) atoms. The van der Waals surface area contributed by atoms with Crippen LogP contribution in [0.5, 0.6) is 0 Å². The maximum absolute atomic E-state index is 3.11. The minimum Gasteiger partial charge on any atom is -0.317 e. The summed E-state index contributed by atoms with van der Waals surface area (Å²) < 4.78 is 0. The van der Waals surface area contributed by atoms with E-state index in [4.69, 9.17) is 0 Å². The highest BCUT2D eigenvalue weighted by molar-refractivity contribution is 5.51. The molecule has 0 fully saturated rings. The molecule has 0 heterocycles. The lowest BCUT2D eigenvalue weighted by Gasteiger charge is -2.33. The molecule has 0 atom stereocenters. The molecule has 182 valence electrons. The van der Waals surface area contributed by atoms with Gasteiger partial charge in [0.25, 0.3) is 0 Å². The van der Waals surface area contributed by atoms with Crippen LogP contribution < -0.4 is 5.32 Å². The van der Waals surface area contributed by atoms with E-state index < -0.39 is 0 Å². The van der Waals surface area contributed by atoms with E-state index in [-0.39, 0.29) is 11.8 Å². The fraction of sp³-hybridized carbons (Fsp3) is 0.294. The molecule has 0 aliphatic carbocycles. The van der Waals surface area contributed by atoms with Crippen molar-refractivity contribution >= 4 is 0 Å². The first kappa shape index (κ1) is 26.4. The molecule has 0 saturated carbocycles. The Morgan fingerprint density at radius 1 is 0.429 bits per heavy atom. The molecule has 0 aliphatic rings. The molecule has 0 bridgehead atoms. The molecule has 0 aliphatic heterocycles. The second-order valence-corrected chi connectivity index (χ2v) is 9.34. The van der Waals surface area contributed by atoms with Crippen molar-refractivity contribution in [2.45, 2.75) is 53.4 Å². The van der Waals surface area contributed by atoms with Gasteiger partial charge in [0.1, 0.15) is 0 Å². The Bertz CT molecular complexity index is 1020. The van der Waals surface area contributed by atoms with Crippen molar-refractivity contribution < 1.29 is 0 Å². The third-order valence-corrected chi connectivity index (χ3v) is 6.93. The van der Waals surface area contributed by atoms with Crippen LogP contribution in [0.1, 0.15) is 70.2 Å². The molecular weight excluding hydrogens is 422 g/mol. The van der Waals surface area contributed by atoms with Gasteiger partial charge in [-0.25, -0.2) is 0 Å². The first-order valence-electron chi connectivity index (χ1n) is 12.9. The summed E-state index contributed by atoms with van der Waals surface area (Å²) in [6.07, 6.45) is 0. The summed E-state index contributed by atoms with van der Waals surface area (Å²) in [4.78, 5) is 0. The van der Waals surface area contributed by atoms with Gasteiger partial charge in [0.05, 0.1) is 0 Å². The molecular formula is C34H41N. The predicted molar refractivity (Wildman–Crippen MR) is 153 cm³/mol. The summed E-state index contributed by atoms with van der Waals surface area (Å²) in [5.41, 5.74) is 11.0. The van der Waals surface area contributed by atoms with Crippen LogP contribution in [0.25, 0.3) is 0 Å². The Morgan fingerprint density at radius 3 is 0.829 bits per heavy atom. The molecule has 4 rings (SSSR count).